The Labute approximate surface area is 143 Å². The zero-order valence-electron chi connectivity index (χ0n) is 13.2. The maximum atomic E-state index is 12.3. The van der Waals surface area contributed by atoms with Crippen LogP contribution in [0.25, 0.3) is 0 Å². The molecule has 0 spiro atoms. The molecule has 0 saturated heterocycles. The number of amides is 1. The molecule has 7 nitrogen and oxygen atoms in total. The van der Waals surface area contributed by atoms with Crippen LogP contribution >= 0.6 is 22.9 Å². The fraction of sp³-hybridized carbons (Fsp3) is 0.385. The van der Waals surface area contributed by atoms with Gasteiger partial charge in [0.15, 0.2) is 0 Å². The molecule has 0 aliphatic carbocycles. The van der Waals surface area contributed by atoms with Gasteiger partial charge >= 0.3 is 0 Å². The van der Waals surface area contributed by atoms with Crippen LogP contribution in [0, 0.1) is 6.92 Å². The Morgan fingerprint density at radius 2 is 2.04 bits per heavy atom. The molecule has 1 amide bonds. The van der Waals surface area contributed by atoms with Gasteiger partial charge in [-0.05, 0) is 30.6 Å². The second kappa shape index (κ2) is 6.95. The molecule has 0 aromatic carbocycles. The largest absolute Gasteiger partial charge is 0.378 e. The monoisotopic (exact) mass is 374 g/mol. The average Bonchev–Trinajstić information content (AvgIpc) is 3.11. The van der Waals surface area contributed by atoms with Gasteiger partial charge in [-0.25, -0.2) is 12.7 Å². The Morgan fingerprint density at radius 1 is 1.35 bits per heavy atom. The summed E-state index contributed by atoms with van der Waals surface area (Å²) in [6, 6.07) is 3.26. The van der Waals surface area contributed by atoms with Gasteiger partial charge in [0.05, 0.1) is 17.8 Å². The summed E-state index contributed by atoms with van der Waals surface area (Å²) < 4.78 is 29.6. The van der Waals surface area contributed by atoms with Crippen molar-refractivity contribution < 1.29 is 13.2 Å². The highest BCUT2D eigenvalue weighted by Gasteiger charge is 2.21. The van der Waals surface area contributed by atoms with Gasteiger partial charge in [-0.2, -0.15) is 4.37 Å². The molecule has 0 fully saturated rings. The van der Waals surface area contributed by atoms with Crippen LogP contribution < -0.4 is 10.6 Å². The Kier molecular flexibility index (Phi) is 5.40. The number of hydrogen-bond donors (Lipinski definition) is 2. The van der Waals surface area contributed by atoms with Crippen LogP contribution in [0.5, 0.6) is 0 Å². The molecule has 2 heterocycles. The normalized spacial score (nSPS) is 11.7. The molecular formula is C13H18N4O3S3. The lowest BCUT2D eigenvalue weighted by Crippen LogP contribution is -2.23. The van der Waals surface area contributed by atoms with Crippen LogP contribution in [0.3, 0.4) is 0 Å². The first kappa shape index (κ1) is 17.9. The van der Waals surface area contributed by atoms with Crippen LogP contribution in [0.15, 0.2) is 16.3 Å². The molecule has 0 atom stereocenters. The van der Waals surface area contributed by atoms with Crippen molar-refractivity contribution in [1.29, 1.82) is 0 Å². The number of nitrogens with zero attached hydrogens (tertiary/aromatic N) is 2. The van der Waals surface area contributed by atoms with Crippen molar-refractivity contribution in [3.63, 3.8) is 0 Å². The molecule has 2 rings (SSSR count). The quantitative estimate of drug-likeness (QED) is 0.803. The minimum absolute atomic E-state index is 0.231. The SMILES string of the molecule is CNc1snc(C)c1C(=O)NCc1ccc(S(=O)(=O)N(C)C)s1. The first-order chi connectivity index (χ1) is 10.8. The topological polar surface area (TPSA) is 91.4 Å². The smallest absolute Gasteiger partial charge is 0.256 e. The number of nitrogens with one attached hydrogen (secondary N) is 2. The van der Waals surface area contributed by atoms with Gasteiger partial charge in [0.1, 0.15) is 9.21 Å². The van der Waals surface area contributed by atoms with E-state index in [-0.39, 0.29) is 16.7 Å². The molecule has 0 radical (unpaired) electrons. The highest BCUT2D eigenvalue weighted by atomic mass is 32.2. The van der Waals surface area contributed by atoms with Crippen LogP contribution in [-0.2, 0) is 16.6 Å². The van der Waals surface area contributed by atoms with Crippen molar-refractivity contribution in [3.8, 4) is 0 Å². The number of anilines is 1. The predicted molar refractivity (Wildman–Crippen MR) is 92.8 cm³/mol. The number of hydrogen-bond acceptors (Lipinski definition) is 7. The Bertz CT molecular complexity index is 808. The average molecular weight is 375 g/mol. The van der Waals surface area contributed by atoms with E-state index in [0.29, 0.717) is 16.3 Å². The third-order valence-electron chi connectivity index (χ3n) is 3.11. The lowest BCUT2D eigenvalue weighted by Gasteiger charge is -2.08. The minimum atomic E-state index is -3.43. The number of carbonyl (C=O) groups excluding carboxylic acids is 1. The van der Waals surface area contributed by atoms with E-state index in [1.165, 1.54) is 29.9 Å². The van der Waals surface area contributed by atoms with E-state index >= 15 is 0 Å². The first-order valence-corrected chi connectivity index (χ1v) is 9.73. The van der Waals surface area contributed by atoms with Gasteiger partial charge in [0, 0.05) is 26.0 Å². The molecule has 2 N–H and O–H groups in total. The summed E-state index contributed by atoms with van der Waals surface area (Å²) >= 11 is 2.38. The number of thiophene rings is 1. The summed E-state index contributed by atoms with van der Waals surface area (Å²) in [5.74, 6) is -0.231. The summed E-state index contributed by atoms with van der Waals surface area (Å²) in [7, 11) is 1.28. The highest BCUT2D eigenvalue weighted by molar-refractivity contribution is 7.91. The van der Waals surface area contributed by atoms with Gasteiger partial charge < -0.3 is 10.6 Å². The number of carbonyl (C=O) groups is 1. The van der Waals surface area contributed by atoms with Gasteiger partial charge in [-0.3, -0.25) is 4.79 Å². The number of aromatic nitrogens is 1. The molecule has 126 valence electrons. The maximum absolute atomic E-state index is 12.3. The zero-order chi connectivity index (χ0) is 17.2. The van der Waals surface area contributed by atoms with Gasteiger partial charge in [-0.15, -0.1) is 11.3 Å². The third-order valence-corrected chi connectivity index (χ3v) is 7.44. The zero-order valence-corrected chi connectivity index (χ0v) is 15.7. The standard InChI is InChI=1S/C13H18N4O3S3/c1-8-11(13(14-2)22-16-8)12(18)15-7-9-5-6-10(21-9)23(19,20)17(3)4/h5-6,14H,7H2,1-4H3,(H,15,18). The summed E-state index contributed by atoms with van der Waals surface area (Å²) in [5, 5.41) is 6.46. The summed E-state index contributed by atoms with van der Waals surface area (Å²) in [6.07, 6.45) is 0. The van der Waals surface area contributed by atoms with Crippen LogP contribution in [0.2, 0.25) is 0 Å². The number of sulfonamides is 1. The van der Waals surface area contributed by atoms with Crippen molar-refractivity contribution in [2.75, 3.05) is 26.5 Å². The van der Waals surface area contributed by atoms with Crippen LogP contribution in [0.1, 0.15) is 20.9 Å². The first-order valence-electron chi connectivity index (χ1n) is 6.70. The number of aryl methyl sites for hydroxylation is 1. The van der Waals surface area contributed by atoms with Crippen LogP contribution in [-0.4, -0.2) is 44.1 Å². The third kappa shape index (κ3) is 3.71. The summed E-state index contributed by atoms with van der Waals surface area (Å²) in [5.41, 5.74) is 1.19. The number of rotatable bonds is 6. The van der Waals surface area contributed by atoms with Gasteiger partial charge in [-0.1, -0.05) is 0 Å². The maximum Gasteiger partial charge on any atom is 0.256 e. The molecular weight excluding hydrogens is 356 g/mol. The van der Waals surface area contributed by atoms with E-state index in [4.69, 9.17) is 0 Å². The highest BCUT2D eigenvalue weighted by Crippen LogP contribution is 2.25. The van der Waals surface area contributed by atoms with E-state index in [1.54, 1.807) is 26.1 Å². The van der Waals surface area contributed by atoms with E-state index < -0.39 is 10.0 Å². The van der Waals surface area contributed by atoms with Gasteiger partial charge in [0.2, 0.25) is 0 Å². The molecule has 2 aromatic rings. The molecule has 23 heavy (non-hydrogen) atoms. The minimum Gasteiger partial charge on any atom is -0.378 e. The molecule has 0 bridgehead atoms. The fourth-order valence-corrected chi connectivity index (χ4v) is 5.04. The Hall–Kier alpha value is -1.49. The lowest BCUT2D eigenvalue weighted by atomic mass is 10.2. The fourth-order valence-electron chi connectivity index (χ4n) is 1.84. The summed E-state index contributed by atoms with van der Waals surface area (Å²) in [6.45, 7) is 2.05. The van der Waals surface area contributed by atoms with E-state index in [0.717, 1.165) is 16.2 Å². The van der Waals surface area contributed by atoms with Crippen LogP contribution in [0.4, 0.5) is 5.00 Å². The Morgan fingerprint density at radius 3 is 2.65 bits per heavy atom. The van der Waals surface area contributed by atoms with Crippen molar-refractivity contribution >= 4 is 43.8 Å². The molecule has 0 aliphatic heterocycles. The van der Waals surface area contributed by atoms with Crippen molar-refractivity contribution in [1.82, 2.24) is 14.0 Å². The molecule has 2 aromatic heterocycles. The van der Waals surface area contributed by atoms with Crippen molar-refractivity contribution in [2.45, 2.75) is 17.7 Å². The summed E-state index contributed by atoms with van der Waals surface area (Å²) in [4.78, 5) is 13.1. The van der Waals surface area contributed by atoms with E-state index in [9.17, 15) is 13.2 Å². The van der Waals surface area contributed by atoms with E-state index in [2.05, 4.69) is 15.0 Å². The molecule has 10 heteroatoms. The molecule has 0 unspecified atom stereocenters. The van der Waals surface area contributed by atoms with Crippen molar-refractivity contribution in [2.24, 2.45) is 0 Å². The molecule has 0 aliphatic rings. The second-order valence-corrected chi connectivity index (χ2v) is 9.23. The predicted octanol–water partition coefficient (Wildman–Crippen LogP) is 1.74. The lowest BCUT2D eigenvalue weighted by molar-refractivity contribution is 0.0951. The van der Waals surface area contributed by atoms with Crippen molar-refractivity contribution in [3.05, 3.63) is 28.3 Å². The Balaban J connectivity index is 2.09. The second-order valence-electron chi connectivity index (χ2n) is 4.91. The van der Waals surface area contributed by atoms with Gasteiger partial charge in [0.25, 0.3) is 15.9 Å². The van der Waals surface area contributed by atoms with E-state index in [1.807, 2.05) is 0 Å². The molecule has 0 saturated carbocycles.